The van der Waals surface area contributed by atoms with Crippen molar-refractivity contribution in [3.63, 3.8) is 0 Å². The third-order valence-electron chi connectivity index (χ3n) is 3.76. The van der Waals surface area contributed by atoms with E-state index < -0.39 is 0 Å². The highest BCUT2D eigenvalue weighted by atomic mass is 16.1. The van der Waals surface area contributed by atoms with Gasteiger partial charge in [-0.25, -0.2) is 0 Å². The summed E-state index contributed by atoms with van der Waals surface area (Å²) in [7, 11) is 0. The normalized spacial score (nSPS) is 14.3. The van der Waals surface area contributed by atoms with E-state index in [4.69, 9.17) is 0 Å². The van der Waals surface area contributed by atoms with Gasteiger partial charge in [0.25, 0.3) is 0 Å². The van der Waals surface area contributed by atoms with Gasteiger partial charge in [0.1, 0.15) is 0 Å². The van der Waals surface area contributed by atoms with E-state index in [1.807, 2.05) is 24.3 Å². The van der Waals surface area contributed by atoms with Crippen LogP contribution in [0.5, 0.6) is 0 Å². The van der Waals surface area contributed by atoms with Gasteiger partial charge in [-0.15, -0.1) is 0 Å². The lowest BCUT2D eigenvalue weighted by Crippen LogP contribution is -2.06. The Morgan fingerprint density at radius 2 is 1.58 bits per heavy atom. The highest BCUT2D eigenvalue weighted by molar-refractivity contribution is 6.00. The predicted molar refractivity (Wildman–Crippen MR) is 77.3 cm³/mol. The van der Waals surface area contributed by atoms with Crippen LogP contribution in [0.15, 0.2) is 54.6 Å². The van der Waals surface area contributed by atoms with Gasteiger partial charge in [0, 0.05) is 11.5 Å². The maximum atomic E-state index is 12.2. The van der Waals surface area contributed by atoms with Crippen molar-refractivity contribution in [2.24, 2.45) is 5.92 Å². The molecular weight excluding hydrogens is 232 g/mol. The van der Waals surface area contributed by atoms with Gasteiger partial charge in [-0.3, -0.25) is 4.79 Å². The fourth-order valence-electron chi connectivity index (χ4n) is 2.47. The van der Waals surface area contributed by atoms with Crippen LogP contribution in [0, 0.1) is 5.92 Å². The first kappa shape index (κ1) is 12.2. The van der Waals surface area contributed by atoms with Crippen molar-refractivity contribution >= 4 is 5.78 Å². The fraction of sp³-hybridized carbons (Fsp3) is 0.278. The summed E-state index contributed by atoms with van der Waals surface area (Å²) < 4.78 is 0. The molecule has 0 aliphatic heterocycles. The largest absolute Gasteiger partial charge is 0.294 e. The Bertz CT molecular complexity index is 567. The SMILES string of the molecule is O=C(c1ccccc1CCc1ccccc1)C1CC1. The summed E-state index contributed by atoms with van der Waals surface area (Å²) in [4.78, 5) is 12.2. The van der Waals surface area contributed by atoms with Crippen molar-refractivity contribution in [1.82, 2.24) is 0 Å². The summed E-state index contributed by atoms with van der Waals surface area (Å²) in [6.07, 6.45) is 4.09. The quantitative estimate of drug-likeness (QED) is 0.731. The lowest BCUT2D eigenvalue weighted by atomic mass is 9.96. The van der Waals surface area contributed by atoms with Crippen LogP contribution in [0.2, 0.25) is 0 Å². The van der Waals surface area contributed by atoms with Crippen LogP contribution in [0.4, 0.5) is 0 Å². The molecule has 0 radical (unpaired) electrons. The molecule has 0 N–H and O–H groups in total. The molecule has 0 spiro atoms. The zero-order chi connectivity index (χ0) is 13.1. The maximum Gasteiger partial charge on any atom is 0.166 e. The lowest BCUT2D eigenvalue weighted by molar-refractivity contribution is 0.0966. The summed E-state index contributed by atoms with van der Waals surface area (Å²) in [5.74, 6) is 0.654. The molecule has 0 saturated heterocycles. The smallest absolute Gasteiger partial charge is 0.166 e. The summed E-state index contributed by atoms with van der Waals surface area (Å²) in [6.45, 7) is 0. The zero-order valence-corrected chi connectivity index (χ0v) is 11.0. The molecule has 2 aromatic rings. The fourth-order valence-corrected chi connectivity index (χ4v) is 2.47. The van der Waals surface area contributed by atoms with Crippen molar-refractivity contribution < 1.29 is 4.79 Å². The van der Waals surface area contributed by atoms with Gasteiger partial charge in [0.15, 0.2) is 5.78 Å². The Morgan fingerprint density at radius 3 is 2.32 bits per heavy atom. The molecule has 3 rings (SSSR count). The molecule has 0 bridgehead atoms. The maximum absolute atomic E-state index is 12.2. The van der Waals surface area contributed by atoms with E-state index in [1.165, 1.54) is 11.1 Å². The minimum Gasteiger partial charge on any atom is -0.294 e. The number of benzene rings is 2. The van der Waals surface area contributed by atoms with E-state index in [1.54, 1.807) is 0 Å². The second-order valence-corrected chi connectivity index (χ2v) is 5.28. The molecule has 96 valence electrons. The first-order valence-electron chi connectivity index (χ1n) is 7.00. The Hall–Kier alpha value is -1.89. The topological polar surface area (TPSA) is 17.1 Å². The molecule has 2 aromatic carbocycles. The monoisotopic (exact) mass is 250 g/mol. The van der Waals surface area contributed by atoms with Crippen LogP contribution in [-0.2, 0) is 12.8 Å². The molecular formula is C18H18O. The average Bonchev–Trinajstić information content (AvgIpc) is 3.30. The third-order valence-corrected chi connectivity index (χ3v) is 3.76. The van der Waals surface area contributed by atoms with Crippen molar-refractivity contribution in [3.05, 3.63) is 71.3 Å². The number of rotatable bonds is 5. The van der Waals surface area contributed by atoms with Crippen LogP contribution in [-0.4, -0.2) is 5.78 Å². The number of Topliss-reactive ketones (excluding diaryl/α,β-unsaturated/α-hetero) is 1. The van der Waals surface area contributed by atoms with E-state index in [2.05, 4.69) is 30.3 Å². The van der Waals surface area contributed by atoms with E-state index >= 15 is 0 Å². The first-order valence-corrected chi connectivity index (χ1v) is 7.00. The first-order chi connectivity index (χ1) is 9.34. The van der Waals surface area contributed by atoms with Crippen LogP contribution in [0.25, 0.3) is 0 Å². The second-order valence-electron chi connectivity index (χ2n) is 5.28. The van der Waals surface area contributed by atoms with Gasteiger partial charge in [-0.05, 0) is 36.8 Å². The Balaban J connectivity index is 1.75. The van der Waals surface area contributed by atoms with E-state index in [9.17, 15) is 4.79 Å². The number of carbonyl (C=O) groups excluding carboxylic acids is 1. The highest BCUT2D eigenvalue weighted by Crippen LogP contribution is 2.33. The lowest BCUT2D eigenvalue weighted by Gasteiger charge is -2.08. The molecule has 0 atom stereocenters. The minimum atomic E-state index is 0.304. The van der Waals surface area contributed by atoms with E-state index in [0.717, 1.165) is 31.2 Å². The predicted octanol–water partition coefficient (Wildman–Crippen LogP) is 4.06. The molecule has 0 aromatic heterocycles. The van der Waals surface area contributed by atoms with Crippen molar-refractivity contribution in [1.29, 1.82) is 0 Å². The molecule has 1 saturated carbocycles. The molecule has 1 heteroatoms. The average molecular weight is 250 g/mol. The molecule has 19 heavy (non-hydrogen) atoms. The number of hydrogen-bond donors (Lipinski definition) is 0. The van der Waals surface area contributed by atoms with Crippen LogP contribution < -0.4 is 0 Å². The Morgan fingerprint density at radius 1 is 0.895 bits per heavy atom. The zero-order valence-electron chi connectivity index (χ0n) is 11.0. The second kappa shape index (κ2) is 5.40. The van der Waals surface area contributed by atoms with E-state index in [-0.39, 0.29) is 0 Å². The van der Waals surface area contributed by atoms with Gasteiger partial charge in [-0.1, -0.05) is 54.6 Å². The highest BCUT2D eigenvalue weighted by Gasteiger charge is 2.31. The number of carbonyl (C=O) groups is 1. The van der Waals surface area contributed by atoms with Gasteiger partial charge in [0.05, 0.1) is 0 Å². The Labute approximate surface area is 114 Å². The minimum absolute atomic E-state index is 0.304. The summed E-state index contributed by atoms with van der Waals surface area (Å²) in [6, 6.07) is 18.5. The van der Waals surface area contributed by atoms with Crippen LogP contribution in [0.1, 0.15) is 34.3 Å². The van der Waals surface area contributed by atoms with Crippen LogP contribution >= 0.6 is 0 Å². The number of aryl methyl sites for hydroxylation is 2. The summed E-state index contributed by atoms with van der Waals surface area (Å²) >= 11 is 0. The van der Waals surface area contributed by atoms with Gasteiger partial charge < -0.3 is 0 Å². The molecule has 1 aliphatic rings. The number of hydrogen-bond acceptors (Lipinski definition) is 1. The molecule has 0 amide bonds. The molecule has 1 aliphatic carbocycles. The van der Waals surface area contributed by atoms with Gasteiger partial charge in [-0.2, -0.15) is 0 Å². The molecule has 1 nitrogen and oxygen atoms in total. The van der Waals surface area contributed by atoms with Crippen molar-refractivity contribution in [2.45, 2.75) is 25.7 Å². The third kappa shape index (κ3) is 2.93. The summed E-state index contributed by atoms with van der Waals surface area (Å²) in [5.41, 5.74) is 3.47. The van der Waals surface area contributed by atoms with Gasteiger partial charge >= 0.3 is 0 Å². The standard InChI is InChI=1S/C18H18O/c19-18(16-12-13-16)17-9-5-4-8-15(17)11-10-14-6-2-1-3-7-14/h1-9,16H,10-13H2. The summed E-state index contributed by atoms with van der Waals surface area (Å²) in [5, 5.41) is 0. The van der Waals surface area contributed by atoms with Crippen LogP contribution in [0.3, 0.4) is 0 Å². The van der Waals surface area contributed by atoms with Crippen molar-refractivity contribution in [2.75, 3.05) is 0 Å². The van der Waals surface area contributed by atoms with Gasteiger partial charge in [0.2, 0.25) is 0 Å². The Kier molecular flexibility index (Phi) is 3.45. The van der Waals surface area contributed by atoms with E-state index in [0.29, 0.717) is 11.7 Å². The molecule has 0 unspecified atom stereocenters. The molecule has 1 fully saturated rings. The number of ketones is 1. The van der Waals surface area contributed by atoms with Crippen molar-refractivity contribution in [3.8, 4) is 0 Å². The molecule has 0 heterocycles.